The highest BCUT2D eigenvalue weighted by Gasteiger charge is 2.14. The highest BCUT2D eigenvalue weighted by atomic mass is 35.5. The number of hydrogen-bond acceptors (Lipinski definition) is 2. The number of nitrogens with zero attached hydrogens (tertiary/aromatic N) is 2. The lowest BCUT2D eigenvalue weighted by Gasteiger charge is -2.04. The summed E-state index contributed by atoms with van der Waals surface area (Å²) >= 11 is 5.43. The van der Waals surface area contributed by atoms with E-state index < -0.39 is 17.5 Å². The molecule has 82 valence electrons. The fourth-order valence-corrected chi connectivity index (χ4v) is 1.36. The molecule has 0 fully saturated rings. The van der Waals surface area contributed by atoms with Crippen molar-refractivity contribution in [3.8, 4) is 11.1 Å². The maximum Gasteiger partial charge on any atom is 0.222 e. The van der Waals surface area contributed by atoms with Gasteiger partial charge in [0.2, 0.25) is 5.28 Å². The summed E-state index contributed by atoms with van der Waals surface area (Å²) in [4.78, 5) is 7.17. The molecule has 1 aromatic heterocycles. The van der Waals surface area contributed by atoms with Crippen molar-refractivity contribution in [2.24, 2.45) is 0 Å². The molecule has 0 saturated carbocycles. The minimum Gasteiger partial charge on any atom is -0.226 e. The van der Waals surface area contributed by atoms with Crippen molar-refractivity contribution >= 4 is 11.6 Å². The third-order valence-corrected chi connectivity index (χ3v) is 2.11. The van der Waals surface area contributed by atoms with E-state index in [1.165, 1.54) is 0 Å². The molecule has 1 heterocycles. The molecular formula is C10H4ClF3N2. The van der Waals surface area contributed by atoms with Crippen LogP contribution in [0.15, 0.2) is 24.5 Å². The zero-order valence-electron chi connectivity index (χ0n) is 7.72. The molecule has 0 saturated heterocycles. The van der Waals surface area contributed by atoms with Crippen molar-refractivity contribution in [3.63, 3.8) is 0 Å². The van der Waals surface area contributed by atoms with Gasteiger partial charge in [0.15, 0.2) is 0 Å². The SMILES string of the molecule is Fc1cc(F)c(-c2cnc(Cl)nc2)c(F)c1. The predicted octanol–water partition coefficient (Wildman–Crippen LogP) is 3.21. The molecule has 0 spiro atoms. The van der Waals surface area contributed by atoms with E-state index in [2.05, 4.69) is 9.97 Å². The summed E-state index contributed by atoms with van der Waals surface area (Å²) in [7, 11) is 0. The van der Waals surface area contributed by atoms with Gasteiger partial charge in [-0.25, -0.2) is 23.1 Å². The summed E-state index contributed by atoms with van der Waals surface area (Å²) in [5.41, 5.74) is -0.280. The maximum absolute atomic E-state index is 13.3. The highest BCUT2D eigenvalue weighted by molar-refractivity contribution is 6.28. The van der Waals surface area contributed by atoms with Gasteiger partial charge in [-0.15, -0.1) is 0 Å². The van der Waals surface area contributed by atoms with Gasteiger partial charge in [0.05, 0.1) is 5.56 Å². The molecule has 6 heteroatoms. The van der Waals surface area contributed by atoms with Gasteiger partial charge in [0, 0.05) is 30.1 Å². The van der Waals surface area contributed by atoms with E-state index in [9.17, 15) is 13.2 Å². The lowest BCUT2D eigenvalue weighted by Crippen LogP contribution is -1.94. The normalized spacial score (nSPS) is 10.5. The summed E-state index contributed by atoms with van der Waals surface area (Å²) in [6, 6.07) is 1.18. The van der Waals surface area contributed by atoms with Crippen molar-refractivity contribution in [1.82, 2.24) is 9.97 Å². The Morgan fingerprint density at radius 2 is 1.44 bits per heavy atom. The van der Waals surface area contributed by atoms with Gasteiger partial charge in [-0.3, -0.25) is 0 Å². The zero-order chi connectivity index (χ0) is 11.7. The van der Waals surface area contributed by atoms with E-state index in [0.29, 0.717) is 12.1 Å². The second-order valence-electron chi connectivity index (χ2n) is 2.99. The van der Waals surface area contributed by atoms with Crippen LogP contribution in [0.5, 0.6) is 0 Å². The van der Waals surface area contributed by atoms with E-state index in [4.69, 9.17) is 11.6 Å². The van der Waals surface area contributed by atoms with Gasteiger partial charge in [-0.2, -0.15) is 0 Å². The van der Waals surface area contributed by atoms with Crippen LogP contribution >= 0.6 is 11.6 Å². The molecule has 0 aliphatic heterocycles. The van der Waals surface area contributed by atoms with E-state index in [-0.39, 0.29) is 16.4 Å². The quantitative estimate of drug-likeness (QED) is 0.720. The largest absolute Gasteiger partial charge is 0.226 e. The van der Waals surface area contributed by atoms with Gasteiger partial charge >= 0.3 is 0 Å². The predicted molar refractivity (Wildman–Crippen MR) is 52.4 cm³/mol. The topological polar surface area (TPSA) is 25.8 Å². The molecule has 1 aromatic carbocycles. The summed E-state index contributed by atoms with van der Waals surface area (Å²) in [5.74, 6) is -3.00. The monoisotopic (exact) mass is 244 g/mol. The van der Waals surface area contributed by atoms with E-state index in [1.807, 2.05) is 0 Å². The van der Waals surface area contributed by atoms with Crippen LogP contribution in [0.3, 0.4) is 0 Å². The summed E-state index contributed by atoms with van der Waals surface area (Å²) in [5, 5.41) is -0.0355. The van der Waals surface area contributed by atoms with Gasteiger partial charge in [-0.05, 0) is 11.6 Å². The van der Waals surface area contributed by atoms with Crippen LogP contribution in [-0.4, -0.2) is 9.97 Å². The number of aromatic nitrogens is 2. The van der Waals surface area contributed by atoms with Crippen LogP contribution in [0.2, 0.25) is 5.28 Å². The lowest BCUT2D eigenvalue weighted by molar-refractivity contribution is 0.548. The van der Waals surface area contributed by atoms with Crippen LogP contribution in [0.25, 0.3) is 11.1 Å². The van der Waals surface area contributed by atoms with Crippen molar-refractivity contribution in [2.75, 3.05) is 0 Å². The maximum atomic E-state index is 13.3. The second-order valence-corrected chi connectivity index (χ2v) is 3.32. The van der Waals surface area contributed by atoms with E-state index in [1.54, 1.807) is 0 Å². The Hall–Kier alpha value is -1.62. The third-order valence-electron chi connectivity index (χ3n) is 1.92. The molecule has 0 radical (unpaired) electrons. The van der Waals surface area contributed by atoms with E-state index >= 15 is 0 Å². The van der Waals surface area contributed by atoms with Crippen LogP contribution < -0.4 is 0 Å². The molecule has 0 aliphatic carbocycles. The summed E-state index contributed by atoms with van der Waals surface area (Å²) in [6.07, 6.45) is 2.32. The van der Waals surface area contributed by atoms with Gasteiger partial charge < -0.3 is 0 Å². The van der Waals surface area contributed by atoms with Crippen LogP contribution in [0, 0.1) is 17.5 Å². The molecule has 2 nitrogen and oxygen atoms in total. The molecule has 0 N–H and O–H groups in total. The summed E-state index contributed by atoms with van der Waals surface area (Å²) in [6.45, 7) is 0. The molecule has 2 aromatic rings. The Kier molecular flexibility index (Phi) is 2.78. The first-order valence-corrected chi connectivity index (χ1v) is 4.58. The number of benzene rings is 1. The molecule has 0 aliphatic rings. The number of rotatable bonds is 1. The van der Waals surface area contributed by atoms with Gasteiger partial charge in [0.25, 0.3) is 0 Å². The van der Waals surface area contributed by atoms with Crippen LogP contribution in [0.1, 0.15) is 0 Å². The van der Waals surface area contributed by atoms with Crippen molar-refractivity contribution in [1.29, 1.82) is 0 Å². The highest BCUT2D eigenvalue weighted by Crippen LogP contribution is 2.26. The fraction of sp³-hybridized carbons (Fsp3) is 0. The average Bonchev–Trinajstić information content (AvgIpc) is 2.19. The molecule has 2 rings (SSSR count). The first kappa shape index (κ1) is 10.9. The van der Waals surface area contributed by atoms with Crippen LogP contribution in [0.4, 0.5) is 13.2 Å². The first-order chi connectivity index (χ1) is 7.58. The second kappa shape index (κ2) is 4.09. The Morgan fingerprint density at radius 1 is 0.938 bits per heavy atom. The number of halogens is 4. The molecule has 0 amide bonds. The van der Waals surface area contributed by atoms with Crippen LogP contribution in [-0.2, 0) is 0 Å². The molecule has 0 bridgehead atoms. The van der Waals surface area contributed by atoms with Crippen molar-refractivity contribution < 1.29 is 13.2 Å². The Morgan fingerprint density at radius 3 is 1.94 bits per heavy atom. The minimum atomic E-state index is -1.01. The Bertz CT molecular complexity index is 505. The van der Waals surface area contributed by atoms with Gasteiger partial charge in [-0.1, -0.05) is 0 Å². The Labute approximate surface area is 93.7 Å². The molecule has 16 heavy (non-hydrogen) atoms. The number of hydrogen-bond donors (Lipinski definition) is 0. The average molecular weight is 245 g/mol. The zero-order valence-corrected chi connectivity index (χ0v) is 8.47. The summed E-state index contributed by atoms with van der Waals surface area (Å²) < 4.78 is 39.3. The standard InChI is InChI=1S/C10H4ClF3N2/c11-10-15-3-5(4-16-10)9-7(13)1-6(12)2-8(9)14/h1-4H. The Balaban J connectivity index is 2.60. The first-order valence-electron chi connectivity index (χ1n) is 4.20. The molecular weight excluding hydrogens is 241 g/mol. The molecule has 0 unspecified atom stereocenters. The van der Waals surface area contributed by atoms with Crippen molar-refractivity contribution in [2.45, 2.75) is 0 Å². The van der Waals surface area contributed by atoms with Gasteiger partial charge in [0.1, 0.15) is 17.5 Å². The molecule has 0 atom stereocenters. The van der Waals surface area contributed by atoms with Crippen molar-refractivity contribution in [3.05, 3.63) is 47.3 Å². The fourth-order valence-electron chi connectivity index (χ4n) is 1.26. The lowest BCUT2D eigenvalue weighted by atomic mass is 10.1. The van der Waals surface area contributed by atoms with E-state index in [0.717, 1.165) is 12.4 Å². The third kappa shape index (κ3) is 1.99. The smallest absolute Gasteiger partial charge is 0.222 e. The minimum absolute atomic E-state index is 0.0355.